The van der Waals surface area contributed by atoms with Crippen molar-refractivity contribution in [1.29, 1.82) is 0 Å². The van der Waals surface area contributed by atoms with Crippen LogP contribution in [0.4, 0.5) is 22.2 Å². The molecule has 1 fully saturated rings. The third-order valence-electron chi connectivity index (χ3n) is 7.32. The Bertz CT molecular complexity index is 1660. The molecule has 2 aliphatic rings. The van der Waals surface area contributed by atoms with Crippen LogP contribution in [0.3, 0.4) is 0 Å². The summed E-state index contributed by atoms with van der Waals surface area (Å²) in [6.45, 7) is 6.68. The van der Waals surface area contributed by atoms with Crippen molar-refractivity contribution < 1.29 is 23.8 Å². The molecule has 44 heavy (non-hydrogen) atoms. The number of amides is 2. The van der Waals surface area contributed by atoms with Crippen molar-refractivity contribution >= 4 is 29.5 Å². The average molecular weight is 599 g/mol. The molecule has 2 amide bonds. The van der Waals surface area contributed by atoms with E-state index in [0.717, 1.165) is 23.2 Å². The molecule has 2 aliphatic heterocycles. The van der Waals surface area contributed by atoms with Gasteiger partial charge in [-0.1, -0.05) is 30.3 Å². The first-order valence-corrected chi connectivity index (χ1v) is 14.5. The molecular weight excluding hydrogens is 564 g/mol. The van der Waals surface area contributed by atoms with Gasteiger partial charge < -0.3 is 35.1 Å². The van der Waals surface area contributed by atoms with Crippen molar-refractivity contribution in [2.45, 2.75) is 44.8 Å². The van der Waals surface area contributed by atoms with Crippen molar-refractivity contribution in [3.05, 3.63) is 77.3 Å². The number of aliphatic hydroxyl groups is 1. The van der Waals surface area contributed by atoms with Crippen molar-refractivity contribution in [1.82, 2.24) is 30.4 Å². The van der Waals surface area contributed by atoms with Gasteiger partial charge in [0.15, 0.2) is 0 Å². The third-order valence-corrected chi connectivity index (χ3v) is 7.32. The number of rotatable bonds is 8. The number of aromatic nitrogens is 4. The van der Waals surface area contributed by atoms with Gasteiger partial charge in [-0.05, 0) is 56.5 Å². The summed E-state index contributed by atoms with van der Waals surface area (Å²) in [4.78, 5) is 35.3. The second-order valence-electron chi connectivity index (χ2n) is 11.8. The minimum absolute atomic E-state index is 0.0841. The molecule has 1 atom stereocenters. The third kappa shape index (κ3) is 6.32. The fourth-order valence-corrected chi connectivity index (χ4v) is 5.05. The van der Waals surface area contributed by atoms with E-state index in [9.17, 15) is 14.7 Å². The highest BCUT2D eigenvalue weighted by molar-refractivity contribution is 5.97. The molecule has 4 N–H and O–H groups in total. The Kier molecular flexibility index (Phi) is 7.87. The van der Waals surface area contributed by atoms with E-state index in [1.807, 2.05) is 57.2 Å². The number of fused-ring (bicyclic) bond motifs is 1. The van der Waals surface area contributed by atoms with Gasteiger partial charge >= 0.3 is 6.09 Å². The number of hydrogen-bond donors (Lipinski definition) is 4. The van der Waals surface area contributed by atoms with E-state index in [0.29, 0.717) is 48.4 Å². The predicted octanol–water partition coefficient (Wildman–Crippen LogP) is 4.04. The van der Waals surface area contributed by atoms with Crippen molar-refractivity contribution in [3.63, 3.8) is 0 Å². The zero-order chi connectivity index (χ0) is 30.8. The molecule has 4 aromatic rings. The number of anilines is 3. The summed E-state index contributed by atoms with van der Waals surface area (Å²) in [5, 5.41) is 28.1. The van der Waals surface area contributed by atoms with Crippen LogP contribution in [-0.4, -0.2) is 74.0 Å². The maximum Gasteiger partial charge on any atom is 0.410 e. The Labute approximate surface area is 254 Å². The van der Waals surface area contributed by atoms with Crippen LogP contribution in [0.5, 0.6) is 0 Å². The normalized spacial score (nSPS) is 15.5. The lowest BCUT2D eigenvalue weighted by Gasteiger charge is -2.37. The largest absolute Gasteiger partial charge is 0.444 e. The minimum atomic E-state index is -0.577. The van der Waals surface area contributed by atoms with Gasteiger partial charge in [0.2, 0.25) is 11.8 Å². The Morgan fingerprint density at radius 3 is 2.70 bits per heavy atom. The number of carbonyl (C=O) groups is 2. The highest BCUT2D eigenvalue weighted by atomic mass is 16.6. The molecule has 13 heteroatoms. The molecule has 0 saturated carbocycles. The first-order valence-electron chi connectivity index (χ1n) is 14.5. The molecule has 13 nitrogen and oxygen atoms in total. The summed E-state index contributed by atoms with van der Waals surface area (Å²) in [6.07, 6.45) is 1.93. The summed E-state index contributed by atoms with van der Waals surface area (Å²) < 4.78 is 11.5. The van der Waals surface area contributed by atoms with Crippen molar-refractivity contribution in [2.75, 3.05) is 36.9 Å². The zero-order valence-electron chi connectivity index (χ0n) is 24.7. The van der Waals surface area contributed by atoms with E-state index in [-0.39, 0.29) is 30.4 Å². The lowest BCUT2D eigenvalue weighted by Crippen LogP contribution is -2.50. The lowest BCUT2D eigenvalue weighted by molar-refractivity contribution is 0.00608. The van der Waals surface area contributed by atoms with Crippen LogP contribution in [0, 0.1) is 0 Å². The molecule has 6 rings (SSSR count). The van der Waals surface area contributed by atoms with Gasteiger partial charge in [0, 0.05) is 37.1 Å². The highest BCUT2D eigenvalue weighted by Gasteiger charge is 2.38. The topological polar surface area (TPSA) is 168 Å². The Balaban J connectivity index is 1.25. The molecule has 0 aliphatic carbocycles. The molecule has 2 aromatic heterocycles. The van der Waals surface area contributed by atoms with Gasteiger partial charge in [-0.3, -0.25) is 4.79 Å². The quantitative estimate of drug-likeness (QED) is 0.231. The van der Waals surface area contributed by atoms with E-state index in [1.165, 1.54) is 0 Å². The van der Waals surface area contributed by atoms with Gasteiger partial charge in [0.25, 0.3) is 11.8 Å². The maximum absolute atomic E-state index is 12.4. The van der Waals surface area contributed by atoms with E-state index in [2.05, 4.69) is 31.1 Å². The van der Waals surface area contributed by atoms with Gasteiger partial charge in [-0.15, -0.1) is 10.2 Å². The highest BCUT2D eigenvalue weighted by Crippen LogP contribution is 2.33. The molecule has 0 radical (unpaired) electrons. The van der Waals surface area contributed by atoms with Crippen molar-refractivity contribution in [3.8, 4) is 11.5 Å². The van der Waals surface area contributed by atoms with E-state index < -0.39 is 11.6 Å². The first kappa shape index (κ1) is 29.1. The number of nitrogens with one attached hydrogen (secondary N) is 3. The number of likely N-dealkylation sites (tertiary alicyclic amines) is 1. The van der Waals surface area contributed by atoms with Gasteiger partial charge in [0.1, 0.15) is 11.4 Å². The van der Waals surface area contributed by atoms with E-state index in [4.69, 9.17) is 14.1 Å². The lowest BCUT2D eigenvalue weighted by atomic mass is 10.00. The molecule has 4 heterocycles. The Morgan fingerprint density at radius 2 is 1.95 bits per heavy atom. The predicted molar refractivity (Wildman–Crippen MR) is 162 cm³/mol. The van der Waals surface area contributed by atoms with Crippen LogP contribution in [0.2, 0.25) is 0 Å². The SMILES string of the molecule is CC(C)(C)OC(=O)N1CC(c2nnc(-c3cnc(Nc4ccc5c(c4)CCNC5=O)nc3N[C@H](CO)c3ccccc3)o2)C1. The minimum Gasteiger partial charge on any atom is -0.444 e. The molecule has 0 spiro atoms. The number of nitrogens with zero attached hydrogens (tertiary/aromatic N) is 5. The monoisotopic (exact) mass is 598 g/mol. The fourth-order valence-electron chi connectivity index (χ4n) is 5.05. The summed E-state index contributed by atoms with van der Waals surface area (Å²) >= 11 is 0. The molecule has 1 saturated heterocycles. The number of ether oxygens (including phenoxy) is 1. The van der Waals surface area contributed by atoms with Gasteiger partial charge in [-0.2, -0.15) is 4.98 Å². The van der Waals surface area contributed by atoms with Crippen LogP contribution >= 0.6 is 0 Å². The van der Waals surface area contributed by atoms with E-state index in [1.54, 1.807) is 23.2 Å². The summed E-state index contributed by atoms with van der Waals surface area (Å²) in [7, 11) is 0. The number of carbonyl (C=O) groups excluding carboxylic acids is 2. The molecule has 2 aromatic carbocycles. The second kappa shape index (κ2) is 11.9. The smallest absolute Gasteiger partial charge is 0.410 e. The zero-order valence-corrected chi connectivity index (χ0v) is 24.7. The Hall–Kier alpha value is -5.04. The Morgan fingerprint density at radius 1 is 1.16 bits per heavy atom. The number of aliphatic hydroxyl groups excluding tert-OH is 1. The van der Waals surface area contributed by atoms with E-state index >= 15 is 0 Å². The average Bonchev–Trinajstić information content (AvgIpc) is 3.44. The van der Waals surface area contributed by atoms with Gasteiger partial charge in [0.05, 0.1) is 24.1 Å². The molecular formula is C31H34N8O5. The van der Waals surface area contributed by atoms with Gasteiger partial charge in [-0.25, -0.2) is 9.78 Å². The van der Waals surface area contributed by atoms with Crippen LogP contribution in [0.1, 0.15) is 60.1 Å². The van der Waals surface area contributed by atoms with Crippen LogP contribution in [0.15, 0.2) is 59.1 Å². The van der Waals surface area contributed by atoms with Crippen LogP contribution in [0.25, 0.3) is 11.5 Å². The maximum atomic E-state index is 12.4. The van der Waals surface area contributed by atoms with Crippen LogP contribution in [-0.2, 0) is 11.2 Å². The summed E-state index contributed by atoms with van der Waals surface area (Å²) in [5.74, 6) is 1.07. The molecule has 228 valence electrons. The molecule has 0 bridgehead atoms. The summed E-state index contributed by atoms with van der Waals surface area (Å²) in [5.41, 5.74) is 3.07. The standard InChI is InChI=1S/C31H34N8O5/c1-31(2,3)44-30(42)39-15-20(16-39)27-37-38-28(43-27)23-14-33-29(34-21-9-10-22-19(13-21)11-12-32-26(22)41)36-25(23)35-24(17-40)18-7-5-4-6-8-18/h4-10,13-14,20,24,40H,11-12,15-17H2,1-3H3,(H,32,41)(H2,33,34,35,36)/t24-/m1/s1. The first-order chi connectivity index (χ1) is 21.2. The van der Waals surface area contributed by atoms with Crippen LogP contribution < -0.4 is 16.0 Å². The van der Waals surface area contributed by atoms with Crippen molar-refractivity contribution in [2.24, 2.45) is 0 Å². The second-order valence-corrected chi connectivity index (χ2v) is 11.8. The summed E-state index contributed by atoms with van der Waals surface area (Å²) in [6, 6.07) is 14.5. The number of benzene rings is 2. The fraction of sp³-hybridized carbons (Fsp3) is 0.355. The number of hydrogen-bond acceptors (Lipinski definition) is 11. The molecule has 0 unspecified atom stereocenters.